The van der Waals surface area contributed by atoms with Crippen LogP contribution in [0, 0.1) is 5.41 Å². The quantitative estimate of drug-likeness (QED) is 0.584. The molecular weight excluding hydrogens is 410 g/mol. The lowest BCUT2D eigenvalue weighted by atomic mass is 9.85. The number of carbonyl (C=O) groups is 1. The number of hydrogen-bond acceptors (Lipinski definition) is 5. The predicted molar refractivity (Wildman–Crippen MR) is 121 cm³/mol. The smallest absolute Gasteiger partial charge is 0.341 e. The maximum Gasteiger partial charge on any atom is 0.341 e. The lowest BCUT2D eigenvalue weighted by Gasteiger charge is -2.38. The molecule has 0 spiro atoms. The molecule has 1 N–H and O–H groups in total. The van der Waals surface area contributed by atoms with Crippen LogP contribution in [0.4, 0.5) is 0 Å². The van der Waals surface area contributed by atoms with Gasteiger partial charge >= 0.3 is 5.97 Å². The van der Waals surface area contributed by atoms with Gasteiger partial charge in [0.15, 0.2) is 5.43 Å². The van der Waals surface area contributed by atoms with E-state index in [1.54, 1.807) is 0 Å². The molecule has 0 aliphatic carbocycles. The average molecular weight is 440 g/mol. The molecule has 1 atom stereocenters. The Morgan fingerprint density at radius 2 is 2.03 bits per heavy atom. The zero-order valence-electron chi connectivity index (χ0n) is 19.1. The first-order valence-corrected chi connectivity index (χ1v) is 10.8. The normalized spacial score (nSPS) is 15.6. The lowest BCUT2D eigenvalue weighted by Crippen LogP contribution is -2.35. The van der Waals surface area contributed by atoms with Gasteiger partial charge in [-0.15, -0.1) is 0 Å². The first kappa shape index (κ1) is 22.1. The summed E-state index contributed by atoms with van der Waals surface area (Å²) < 4.78 is 15.4. The van der Waals surface area contributed by atoms with Crippen molar-refractivity contribution >= 4 is 16.9 Å². The highest BCUT2D eigenvalue weighted by Gasteiger charge is 2.35. The molecule has 0 amide bonds. The summed E-state index contributed by atoms with van der Waals surface area (Å²) in [5.74, 6) is -0.568. The number of carboxylic acid groups (broad SMARTS) is 1. The second kappa shape index (κ2) is 8.09. The van der Waals surface area contributed by atoms with Crippen molar-refractivity contribution in [1.29, 1.82) is 0 Å². The Morgan fingerprint density at radius 3 is 2.69 bits per heavy atom. The van der Waals surface area contributed by atoms with E-state index in [-0.39, 0.29) is 23.1 Å². The van der Waals surface area contributed by atoms with Crippen molar-refractivity contribution in [3.8, 4) is 17.1 Å². The topological polar surface area (TPSA) is 95.6 Å². The van der Waals surface area contributed by atoms with Crippen LogP contribution >= 0.6 is 0 Å². The van der Waals surface area contributed by atoms with Crippen molar-refractivity contribution in [2.24, 2.45) is 5.41 Å². The number of fused-ring (bicyclic) bond motifs is 5. The van der Waals surface area contributed by atoms with Crippen LogP contribution < -0.4 is 10.2 Å². The molecule has 1 aromatic carbocycles. The monoisotopic (exact) mass is 439 g/mol. The van der Waals surface area contributed by atoms with Crippen molar-refractivity contribution in [1.82, 2.24) is 14.3 Å². The van der Waals surface area contributed by atoms with E-state index < -0.39 is 11.4 Å². The molecule has 2 aromatic heterocycles. The maximum atomic E-state index is 12.6. The first-order chi connectivity index (χ1) is 15.1. The van der Waals surface area contributed by atoms with Gasteiger partial charge in [0.25, 0.3) is 0 Å². The molecule has 32 heavy (non-hydrogen) atoms. The summed E-state index contributed by atoms with van der Waals surface area (Å²) in [6.45, 7) is 11.7. The van der Waals surface area contributed by atoms with Gasteiger partial charge in [-0.2, -0.15) is 5.10 Å². The third kappa shape index (κ3) is 3.90. The van der Waals surface area contributed by atoms with Crippen LogP contribution in [-0.4, -0.2) is 44.7 Å². The minimum Gasteiger partial charge on any atom is -0.489 e. The van der Waals surface area contributed by atoms with Crippen LogP contribution in [0.1, 0.15) is 51.0 Å². The average Bonchev–Trinajstić information content (AvgIpc) is 3.08. The fourth-order valence-electron chi connectivity index (χ4n) is 4.18. The zero-order valence-corrected chi connectivity index (χ0v) is 19.1. The third-order valence-corrected chi connectivity index (χ3v) is 5.76. The molecule has 170 valence electrons. The molecule has 4 rings (SSSR count). The molecule has 0 saturated carbocycles. The van der Waals surface area contributed by atoms with Gasteiger partial charge in [-0.05, 0) is 25.3 Å². The Hall–Kier alpha value is -3.13. The molecule has 1 aliphatic heterocycles. The molecule has 0 radical (unpaired) electrons. The van der Waals surface area contributed by atoms with Crippen molar-refractivity contribution in [2.45, 2.75) is 53.3 Å². The second-order valence-electron chi connectivity index (χ2n) is 9.48. The van der Waals surface area contributed by atoms with Crippen LogP contribution in [0.2, 0.25) is 0 Å². The van der Waals surface area contributed by atoms with E-state index in [1.165, 1.54) is 12.3 Å². The van der Waals surface area contributed by atoms with Crippen LogP contribution in [0.3, 0.4) is 0 Å². The number of hydrogen-bond donors (Lipinski definition) is 1. The molecule has 3 aromatic rings. The highest BCUT2D eigenvalue weighted by Crippen LogP contribution is 2.42. The Morgan fingerprint density at radius 1 is 1.28 bits per heavy atom. The van der Waals surface area contributed by atoms with E-state index in [9.17, 15) is 14.7 Å². The summed E-state index contributed by atoms with van der Waals surface area (Å²) in [7, 11) is 0. The Bertz CT molecular complexity index is 1230. The van der Waals surface area contributed by atoms with Gasteiger partial charge in [0.05, 0.1) is 36.7 Å². The van der Waals surface area contributed by atoms with Gasteiger partial charge < -0.3 is 19.1 Å². The van der Waals surface area contributed by atoms with E-state index in [0.717, 1.165) is 11.1 Å². The van der Waals surface area contributed by atoms with Gasteiger partial charge in [-0.3, -0.25) is 9.48 Å². The van der Waals surface area contributed by atoms with E-state index >= 15 is 0 Å². The molecule has 0 saturated heterocycles. The molecule has 1 aliphatic rings. The van der Waals surface area contributed by atoms with Crippen molar-refractivity contribution < 1.29 is 19.4 Å². The standard InChI is InChI=1S/C24H29N3O5/c1-14(2)31-9-10-32-19-8-6-7-15-21(19)25-27-13-20(24(3,4)5)26-12-16(23(29)30)18(28)11-17(26)22(15)27/h6-8,11-12,14,20H,9-10,13H2,1-5H3,(H,29,30). The van der Waals surface area contributed by atoms with E-state index in [1.807, 2.05) is 41.3 Å². The second-order valence-corrected chi connectivity index (χ2v) is 9.48. The van der Waals surface area contributed by atoms with Crippen molar-refractivity contribution in [3.63, 3.8) is 0 Å². The number of benzene rings is 1. The van der Waals surface area contributed by atoms with Gasteiger partial charge in [0.1, 0.15) is 23.4 Å². The summed E-state index contributed by atoms with van der Waals surface area (Å²) >= 11 is 0. The Labute approximate surface area is 186 Å². The Kier molecular flexibility index (Phi) is 5.58. The molecule has 3 heterocycles. The van der Waals surface area contributed by atoms with Gasteiger partial charge in [-0.25, -0.2) is 4.79 Å². The fourth-order valence-corrected chi connectivity index (χ4v) is 4.18. The molecular formula is C24H29N3O5. The highest BCUT2D eigenvalue weighted by molar-refractivity contribution is 5.96. The number of aromatic carboxylic acids is 1. The van der Waals surface area contributed by atoms with Crippen molar-refractivity contribution in [2.75, 3.05) is 13.2 Å². The molecule has 0 bridgehead atoms. The van der Waals surface area contributed by atoms with E-state index in [4.69, 9.17) is 14.6 Å². The minimum absolute atomic E-state index is 0.0816. The van der Waals surface area contributed by atoms with Crippen LogP contribution in [0.25, 0.3) is 22.3 Å². The zero-order chi connectivity index (χ0) is 23.2. The van der Waals surface area contributed by atoms with Gasteiger partial charge in [-0.1, -0.05) is 32.9 Å². The fraction of sp³-hybridized carbons (Fsp3) is 0.458. The van der Waals surface area contributed by atoms with E-state index in [2.05, 4.69) is 20.8 Å². The number of rotatable bonds is 6. The minimum atomic E-state index is -1.22. The summed E-state index contributed by atoms with van der Waals surface area (Å²) in [5.41, 5.74) is 1.23. The lowest BCUT2D eigenvalue weighted by molar-refractivity contribution is 0.0555. The molecule has 0 fully saturated rings. The predicted octanol–water partition coefficient (Wildman–Crippen LogP) is 3.97. The SMILES string of the molecule is CC(C)OCCOc1cccc2c3n(nc12)CC(C(C)(C)C)n1cc(C(=O)O)c(=O)cc1-3. The molecule has 8 nitrogen and oxygen atoms in total. The summed E-state index contributed by atoms with van der Waals surface area (Å²) in [6, 6.07) is 7.05. The van der Waals surface area contributed by atoms with Crippen molar-refractivity contribution in [3.05, 3.63) is 46.2 Å². The van der Waals surface area contributed by atoms with Crippen LogP contribution in [0.5, 0.6) is 5.75 Å². The maximum absolute atomic E-state index is 12.6. The number of pyridine rings is 1. The van der Waals surface area contributed by atoms with Gasteiger partial charge in [0, 0.05) is 17.6 Å². The van der Waals surface area contributed by atoms with Gasteiger partial charge in [0.2, 0.25) is 0 Å². The largest absolute Gasteiger partial charge is 0.489 e. The summed E-state index contributed by atoms with van der Waals surface area (Å²) in [5, 5.41) is 15.2. The highest BCUT2D eigenvalue weighted by atomic mass is 16.5. The van der Waals surface area contributed by atoms with Crippen LogP contribution in [-0.2, 0) is 11.3 Å². The number of aromatic nitrogens is 3. The summed E-state index contributed by atoms with van der Waals surface area (Å²) in [6.07, 6.45) is 1.61. The molecule has 8 heteroatoms. The van der Waals surface area contributed by atoms with Crippen LogP contribution in [0.15, 0.2) is 35.3 Å². The first-order valence-electron chi connectivity index (χ1n) is 10.8. The number of nitrogens with zero attached hydrogens (tertiary/aromatic N) is 3. The number of carboxylic acids is 1. The van der Waals surface area contributed by atoms with E-state index in [0.29, 0.717) is 36.7 Å². The Balaban J connectivity index is 1.85. The number of ether oxygens (including phenoxy) is 2. The third-order valence-electron chi connectivity index (χ3n) is 5.76. The summed E-state index contributed by atoms with van der Waals surface area (Å²) in [4.78, 5) is 24.2. The molecule has 1 unspecified atom stereocenters.